The van der Waals surface area contributed by atoms with Crippen molar-refractivity contribution in [3.8, 4) is 17.7 Å². The number of ether oxygens (including phenoxy) is 1. The molecule has 2 aromatic carbocycles. The van der Waals surface area contributed by atoms with E-state index in [9.17, 15) is 18.5 Å². The van der Waals surface area contributed by atoms with Crippen LogP contribution in [0.2, 0.25) is 0 Å². The standard InChI is InChI=1S/C23H15N3O4S/c24-16-19(31(28,29)18-11-5-2-6-12-18)15-20-22(30-17-9-3-1-4-10-17)25-21-13-7-8-14-26(21)23(20)27/h1-15H. The van der Waals surface area contributed by atoms with Crippen LogP contribution in [0.25, 0.3) is 11.7 Å². The molecule has 2 aromatic heterocycles. The van der Waals surface area contributed by atoms with Gasteiger partial charge in [0.1, 0.15) is 27.9 Å². The Bertz CT molecular complexity index is 1490. The number of allylic oxidation sites excluding steroid dienone is 1. The molecule has 0 aliphatic carbocycles. The van der Waals surface area contributed by atoms with E-state index in [2.05, 4.69) is 4.98 Å². The van der Waals surface area contributed by atoms with Crippen LogP contribution in [0.1, 0.15) is 5.56 Å². The highest BCUT2D eigenvalue weighted by Gasteiger charge is 2.23. The van der Waals surface area contributed by atoms with Crippen LogP contribution in [0.3, 0.4) is 0 Å². The maximum Gasteiger partial charge on any atom is 0.269 e. The molecule has 0 N–H and O–H groups in total. The minimum Gasteiger partial charge on any atom is -0.438 e. The van der Waals surface area contributed by atoms with Crippen LogP contribution in [0.5, 0.6) is 11.6 Å². The number of nitrogens with zero attached hydrogens (tertiary/aromatic N) is 3. The lowest BCUT2D eigenvalue weighted by molar-refractivity contribution is 0.461. The van der Waals surface area contributed by atoms with E-state index in [0.717, 1.165) is 6.08 Å². The largest absolute Gasteiger partial charge is 0.438 e. The van der Waals surface area contributed by atoms with E-state index in [0.29, 0.717) is 11.4 Å². The van der Waals surface area contributed by atoms with Gasteiger partial charge in [0.2, 0.25) is 15.7 Å². The Balaban J connectivity index is 1.95. The smallest absolute Gasteiger partial charge is 0.269 e. The monoisotopic (exact) mass is 429 g/mol. The lowest BCUT2D eigenvalue weighted by Crippen LogP contribution is -2.19. The van der Waals surface area contributed by atoms with Gasteiger partial charge in [-0.25, -0.2) is 8.42 Å². The quantitative estimate of drug-likeness (QED) is 0.447. The number of nitriles is 1. The number of fused-ring (bicyclic) bond motifs is 1. The SMILES string of the molecule is N#CC(=Cc1c(Oc2ccccc2)nc2ccccn2c1=O)S(=O)(=O)c1ccccc1. The summed E-state index contributed by atoms with van der Waals surface area (Å²) in [7, 11) is -4.14. The van der Waals surface area contributed by atoms with E-state index in [4.69, 9.17) is 4.74 Å². The third-order valence-corrected chi connectivity index (χ3v) is 6.10. The van der Waals surface area contributed by atoms with E-state index in [1.165, 1.54) is 22.7 Å². The molecule has 0 radical (unpaired) electrons. The fraction of sp³-hybridized carbons (Fsp3) is 0. The summed E-state index contributed by atoms with van der Waals surface area (Å²) in [6, 6.07) is 22.9. The second-order valence-electron chi connectivity index (χ2n) is 6.42. The number of para-hydroxylation sites is 1. The van der Waals surface area contributed by atoms with Crippen molar-refractivity contribution in [1.29, 1.82) is 5.26 Å². The Kier molecular flexibility index (Phi) is 5.35. The van der Waals surface area contributed by atoms with Gasteiger partial charge in [0, 0.05) is 6.20 Å². The van der Waals surface area contributed by atoms with Gasteiger partial charge in [-0.2, -0.15) is 10.2 Å². The lowest BCUT2D eigenvalue weighted by Gasteiger charge is -2.10. The maximum atomic E-state index is 13.1. The van der Waals surface area contributed by atoms with Crippen molar-refractivity contribution in [2.45, 2.75) is 4.90 Å². The van der Waals surface area contributed by atoms with Crippen LogP contribution >= 0.6 is 0 Å². The molecule has 7 nitrogen and oxygen atoms in total. The lowest BCUT2D eigenvalue weighted by atomic mass is 10.2. The second-order valence-corrected chi connectivity index (χ2v) is 8.33. The molecule has 4 rings (SSSR count). The minimum atomic E-state index is -4.14. The molecule has 152 valence electrons. The first-order valence-electron chi connectivity index (χ1n) is 9.17. The first kappa shape index (κ1) is 20.1. The molecule has 0 fully saturated rings. The van der Waals surface area contributed by atoms with Crippen molar-refractivity contribution in [2.24, 2.45) is 0 Å². The molecule has 0 saturated heterocycles. The van der Waals surface area contributed by atoms with E-state index in [1.54, 1.807) is 72.8 Å². The Labute approximate surface area is 178 Å². The molecular formula is C23H15N3O4S. The molecule has 4 aromatic rings. The first-order chi connectivity index (χ1) is 15.0. The van der Waals surface area contributed by atoms with Gasteiger partial charge in [-0.15, -0.1) is 0 Å². The Morgan fingerprint density at radius 1 is 0.968 bits per heavy atom. The van der Waals surface area contributed by atoms with Gasteiger partial charge in [0.05, 0.1) is 4.90 Å². The summed E-state index contributed by atoms with van der Waals surface area (Å²) in [4.78, 5) is 16.9. The molecular weight excluding hydrogens is 414 g/mol. The second kappa shape index (κ2) is 8.26. The normalized spacial score (nSPS) is 11.8. The predicted molar refractivity (Wildman–Crippen MR) is 115 cm³/mol. The van der Waals surface area contributed by atoms with Crippen LogP contribution < -0.4 is 10.3 Å². The topological polar surface area (TPSA) is 102 Å². The highest BCUT2D eigenvalue weighted by Crippen LogP contribution is 2.26. The average molecular weight is 429 g/mol. The Morgan fingerprint density at radius 2 is 1.61 bits per heavy atom. The summed E-state index contributed by atoms with van der Waals surface area (Å²) < 4.78 is 32.9. The summed E-state index contributed by atoms with van der Waals surface area (Å²) >= 11 is 0. The van der Waals surface area contributed by atoms with Crippen LogP contribution in [0, 0.1) is 11.3 Å². The zero-order valence-electron chi connectivity index (χ0n) is 16.0. The number of pyridine rings is 1. The molecule has 2 heterocycles. The maximum absolute atomic E-state index is 13.1. The first-order valence-corrected chi connectivity index (χ1v) is 10.7. The number of rotatable bonds is 5. The zero-order chi connectivity index (χ0) is 21.8. The van der Waals surface area contributed by atoms with Gasteiger partial charge in [0.15, 0.2) is 0 Å². The number of hydrogen-bond donors (Lipinski definition) is 0. The van der Waals surface area contributed by atoms with Crippen LogP contribution in [0.15, 0.2) is 99.7 Å². The third-order valence-electron chi connectivity index (χ3n) is 4.42. The predicted octanol–water partition coefficient (Wildman–Crippen LogP) is 3.83. The van der Waals surface area contributed by atoms with E-state index in [1.807, 2.05) is 0 Å². The number of benzene rings is 2. The Hall–Kier alpha value is -4.22. The average Bonchev–Trinajstić information content (AvgIpc) is 2.80. The van der Waals surface area contributed by atoms with Gasteiger partial charge in [-0.05, 0) is 42.5 Å². The van der Waals surface area contributed by atoms with Crippen molar-refractivity contribution >= 4 is 21.6 Å². The van der Waals surface area contributed by atoms with Gasteiger partial charge < -0.3 is 4.74 Å². The van der Waals surface area contributed by atoms with Crippen molar-refractivity contribution in [1.82, 2.24) is 9.38 Å². The summed E-state index contributed by atoms with van der Waals surface area (Å²) in [5.41, 5.74) is -0.392. The van der Waals surface area contributed by atoms with Crippen LogP contribution in [-0.4, -0.2) is 17.8 Å². The van der Waals surface area contributed by atoms with Crippen LogP contribution in [0.4, 0.5) is 0 Å². The minimum absolute atomic E-state index is 0.0535. The number of aromatic nitrogens is 2. The fourth-order valence-corrected chi connectivity index (χ4v) is 4.07. The molecule has 0 unspecified atom stereocenters. The van der Waals surface area contributed by atoms with E-state index < -0.39 is 20.3 Å². The molecule has 0 spiro atoms. The summed E-state index contributed by atoms with van der Waals surface area (Å²) in [5, 5.41) is 9.60. The molecule has 31 heavy (non-hydrogen) atoms. The van der Waals surface area contributed by atoms with Gasteiger partial charge in [-0.1, -0.05) is 42.5 Å². The van der Waals surface area contributed by atoms with E-state index >= 15 is 0 Å². The molecule has 0 saturated carbocycles. The Morgan fingerprint density at radius 3 is 2.29 bits per heavy atom. The zero-order valence-corrected chi connectivity index (χ0v) is 16.9. The summed E-state index contributed by atoms with van der Waals surface area (Å²) in [6.07, 6.45) is 2.52. The number of sulfone groups is 1. The van der Waals surface area contributed by atoms with E-state index in [-0.39, 0.29) is 16.3 Å². The fourth-order valence-electron chi connectivity index (χ4n) is 2.91. The number of hydrogen-bond acceptors (Lipinski definition) is 6. The highest BCUT2D eigenvalue weighted by molar-refractivity contribution is 7.95. The van der Waals surface area contributed by atoms with Crippen LogP contribution in [-0.2, 0) is 9.84 Å². The molecule has 0 atom stereocenters. The molecule has 0 aliphatic heterocycles. The van der Waals surface area contributed by atoms with Crippen molar-refractivity contribution in [3.05, 3.63) is 106 Å². The van der Waals surface area contributed by atoms with Gasteiger partial charge in [-0.3, -0.25) is 9.20 Å². The summed E-state index contributed by atoms with van der Waals surface area (Å²) in [5.74, 6) is 0.312. The van der Waals surface area contributed by atoms with Gasteiger partial charge >= 0.3 is 0 Å². The van der Waals surface area contributed by atoms with Crippen molar-refractivity contribution in [3.63, 3.8) is 0 Å². The summed E-state index contributed by atoms with van der Waals surface area (Å²) in [6.45, 7) is 0. The molecule has 0 bridgehead atoms. The molecule has 0 aliphatic rings. The van der Waals surface area contributed by atoms with Gasteiger partial charge in [0.25, 0.3) is 5.56 Å². The van der Waals surface area contributed by atoms with Crippen molar-refractivity contribution < 1.29 is 13.2 Å². The van der Waals surface area contributed by atoms with Crippen molar-refractivity contribution in [2.75, 3.05) is 0 Å². The molecule has 8 heteroatoms. The molecule has 0 amide bonds. The highest BCUT2D eigenvalue weighted by atomic mass is 32.2. The third kappa shape index (κ3) is 3.95.